The Labute approximate surface area is 69.5 Å². The molecule has 1 rings (SSSR count). The number of aliphatic imine (C=N–C) groups is 1. The number of nitrogens with zero attached hydrogens (tertiary/aromatic N) is 2. The highest BCUT2D eigenvalue weighted by Gasteiger charge is 2.12. The molecule has 1 heterocycles. The van der Waals surface area contributed by atoms with Crippen LogP contribution in [0.5, 0.6) is 0 Å². The molecular formula is C3H5N3S3. The maximum absolute atomic E-state index is 4.72. The number of nitrogens with one attached hydrogen (secondary N) is 1. The first-order valence-corrected chi connectivity index (χ1v) is 3.52. The molecule has 1 unspecified atom stereocenters. The molecule has 1 atom stereocenters. The lowest BCUT2D eigenvalue weighted by atomic mass is 10.8. The van der Waals surface area contributed by atoms with Crippen LogP contribution in [0.2, 0.25) is 0 Å². The summed E-state index contributed by atoms with van der Waals surface area (Å²) in [6.07, 6.45) is 1.51. The topological polar surface area (TPSA) is 27.6 Å². The van der Waals surface area contributed by atoms with Crippen molar-refractivity contribution >= 4 is 49.1 Å². The van der Waals surface area contributed by atoms with Crippen LogP contribution in [-0.4, -0.2) is 21.3 Å². The largest absolute Gasteiger partial charge is 0.331 e. The number of thiol groups is 2. The fourth-order valence-electron chi connectivity index (χ4n) is 0.389. The zero-order chi connectivity index (χ0) is 6.85. The zero-order valence-electron chi connectivity index (χ0n) is 4.35. The summed E-state index contributed by atoms with van der Waals surface area (Å²) in [5, 5.41) is 3.22. The van der Waals surface area contributed by atoms with Gasteiger partial charge in [-0.05, 0) is 12.2 Å². The SMILES string of the molecule is S=C1N=CN(S)C(S)N1. The molecule has 0 saturated heterocycles. The van der Waals surface area contributed by atoms with E-state index in [2.05, 4.69) is 35.8 Å². The molecule has 3 nitrogen and oxygen atoms in total. The molecule has 1 aliphatic rings. The Morgan fingerprint density at radius 2 is 2.56 bits per heavy atom. The van der Waals surface area contributed by atoms with E-state index in [1.165, 1.54) is 10.6 Å². The van der Waals surface area contributed by atoms with Crippen molar-refractivity contribution in [1.82, 2.24) is 9.62 Å². The van der Waals surface area contributed by atoms with E-state index in [9.17, 15) is 0 Å². The Hall–Kier alpha value is 0.0600. The molecule has 0 spiro atoms. The molecule has 1 N–H and O–H groups in total. The van der Waals surface area contributed by atoms with Crippen LogP contribution in [0.15, 0.2) is 4.99 Å². The molecule has 0 amide bonds. The first kappa shape index (κ1) is 7.17. The Morgan fingerprint density at radius 3 is 3.00 bits per heavy atom. The fraction of sp³-hybridized carbons (Fsp3) is 0.333. The van der Waals surface area contributed by atoms with E-state index in [4.69, 9.17) is 12.2 Å². The smallest absolute Gasteiger partial charge is 0.196 e. The van der Waals surface area contributed by atoms with Crippen LogP contribution in [-0.2, 0) is 0 Å². The fourth-order valence-corrected chi connectivity index (χ4v) is 0.926. The van der Waals surface area contributed by atoms with E-state index < -0.39 is 0 Å². The zero-order valence-corrected chi connectivity index (χ0v) is 6.96. The number of rotatable bonds is 0. The van der Waals surface area contributed by atoms with Crippen LogP contribution in [0.4, 0.5) is 0 Å². The van der Waals surface area contributed by atoms with E-state index in [1.54, 1.807) is 0 Å². The van der Waals surface area contributed by atoms with Gasteiger partial charge in [0.25, 0.3) is 0 Å². The predicted octanol–water partition coefficient (Wildman–Crippen LogP) is 0.263. The van der Waals surface area contributed by atoms with Gasteiger partial charge in [-0.3, -0.25) is 4.31 Å². The molecule has 0 aliphatic carbocycles. The average molecular weight is 179 g/mol. The summed E-state index contributed by atoms with van der Waals surface area (Å²) < 4.78 is 1.51. The van der Waals surface area contributed by atoms with Crippen LogP contribution in [0, 0.1) is 0 Å². The highest BCUT2D eigenvalue weighted by Crippen LogP contribution is 2.04. The number of hydrogen-bond donors (Lipinski definition) is 3. The second-order valence-corrected chi connectivity index (χ2v) is 2.79. The molecule has 0 aromatic rings. The van der Waals surface area contributed by atoms with Crippen molar-refractivity contribution in [2.24, 2.45) is 4.99 Å². The number of hydrogen-bond acceptors (Lipinski definition) is 4. The third-order valence-corrected chi connectivity index (χ3v) is 1.91. The minimum atomic E-state index is -0.168. The van der Waals surface area contributed by atoms with E-state index in [1.807, 2.05) is 0 Å². The van der Waals surface area contributed by atoms with Gasteiger partial charge in [0, 0.05) is 0 Å². The molecule has 0 saturated carbocycles. The van der Waals surface area contributed by atoms with E-state index in [0.29, 0.717) is 5.11 Å². The van der Waals surface area contributed by atoms with Gasteiger partial charge < -0.3 is 5.32 Å². The minimum Gasteiger partial charge on any atom is -0.331 e. The van der Waals surface area contributed by atoms with Crippen LogP contribution in [0.3, 0.4) is 0 Å². The number of thiocarbonyl (C=S) groups is 1. The molecular weight excluding hydrogens is 174 g/mol. The van der Waals surface area contributed by atoms with Gasteiger partial charge in [-0.1, -0.05) is 12.8 Å². The Balaban J connectivity index is 2.65. The summed E-state index contributed by atoms with van der Waals surface area (Å²) in [7, 11) is 0. The summed E-state index contributed by atoms with van der Waals surface area (Å²) >= 11 is 12.8. The van der Waals surface area contributed by atoms with E-state index >= 15 is 0 Å². The monoisotopic (exact) mass is 179 g/mol. The minimum absolute atomic E-state index is 0.168. The molecule has 0 radical (unpaired) electrons. The quantitative estimate of drug-likeness (QED) is 0.368. The lowest BCUT2D eigenvalue weighted by molar-refractivity contribution is 0.602. The summed E-state index contributed by atoms with van der Waals surface area (Å²) in [6.45, 7) is 0. The van der Waals surface area contributed by atoms with Crippen LogP contribution in [0.1, 0.15) is 0 Å². The van der Waals surface area contributed by atoms with Crippen molar-refractivity contribution in [3.05, 3.63) is 0 Å². The van der Waals surface area contributed by atoms with Crippen LogP contribution >= 0.6 is 37.7 Å². The second kappa shape index (κ2) is 2.76. The lowest BCUT2D eigenvalue weighted by Crippen LogP contribution is -2.42. The average Bonchev–Trinajstić information content (AvgIpc) is 1.80. The molecule has 1 aliphatic heterocycles. The summed E-state index contributed by atoms with van der Waals surface area (Å²) in [4.78, 5) is 3.76. The Bertz CT molecular complexity index is 156. The van der Waals surface area contributed by atoms with Gasteiger partial charge in [-0.15, -0.1) is 12.6 Å². The first-order valence-electron chi connectivity index (χ1n) is 2.20. The molecule has 0 aromatic heterocycles. The highest BCUT2D eigenvalue weighted by molar-refractivity contribution is 7.84. The highest BCUT2D eigenvalue weighted by atomic mass is 32.1. The summed E-state index contributed by atoms with van der Waals surface area (Å²) in [5.41, 5.74) is -0.168. The van der Waals surface area contributed by atoms with Crippen molar-refractivity contribution in [2.75, 3.05) is 0 Å². The molecule has 50 valence electrons. The van der Waals surface area contributed by atoms with Gasteiger partial charge in [0.05, 0.1) is 0 Å². The van der Waals surface area contributed by atoms with Crippen molar-refractivity contribution in [1.29, 1.82) is 0 Å². The maximum atomic E-state index is 4.72. The van der Waals surface area contributed by atoms with Crippen molar-refractivity contribution in [3.8, 4) is 0 Å². The predicted molar refractivity (Wildman–Crippen MR) is 47.8 cm³/mol. The van der Waals surface area contributed by atoms with Crippen molar-refractivity contribution < 1.29 is 0 Å². The Kier molecular flexibility index (Phi) is 2.20. The maximum Gasteiger partial charge on any atom is 0.196 e. The normalized spacial score (nSPS) is 26.2. The van der Waals surface area contributed by atoms with Gasteiger partial charge in [-0.2, -0.15) is 0 Å². The van der Waals surface area contributed by atoms with Crippen molar-refractivity contribution in [3.63, 3.8) is 0 Å². The first-order chi connectivity index (χ1) is 4.20. The van der Waals surface area contributed by atoms with Gasteiger partial charge in [0.2, 0.25) is 0 Å². The molecule has 9 heavy (non-hydrogen) atoms. The van der Waals surface area contributed by atoms with Crippen LogP contribution < -0.4 is 5.32 Å². The lowest BCUT2D eigenvalue weighted by Gasteiger charge is -2.24. The standard InChI is InChI=1S/C3H5N3S3/c7-2-4-1-6(9)3(8)5-2/h1,3,8-9H,(H,5,7). The summed E-state index contributed by atoms with van der Waals surface area (Å²) in [6, 6.07) is 0. The molecule has 0 bridgehead atoms. The third-order valence-electron chi connectivity index (χ3n) is 0.796. The van der Waals surface area contributed by atoms with E-state index in [0.717, 1.165) is 0 Å². The molecule has 0 aromatic carbocycles. The van der Waals surface area contributed by atoms with Gasteiger partial charge in [0.15, 0.2) is 10.6 Å². The molecule has 6 heteroatoms. The van der Waals surface area contributed by atoms with Crippen molar-refractivity contribution in [2.45, 2.75) is 5.50 Å². The summed E-state index contributed by atoms with van der Waals surface area (Å²) in [5.74, 6) is 0. The van der Waals surface area contributed by atoms with Gasteiger partial charge in [0.1, 0.15) is 6.34 Å². The van der Waals surface area contributed by atoms with Gasteiger partial charge in [-0.25, -0.2) is 4.99 Å². The second-order valence-electron chi connectivity index (χ2n) is 1.45. The van der Waals surface area contributed by atoms with Gasteiger partial charge >= 0.3 is 0 Å². The van der Waals surface area contributed by atoms with Crippen LogP contribution in [0.25, 0.3) is 0 Å². The third kappa shape index (κ3) is 1.74. The van der Waals surface area contributed by atoms with E-state index in [-0.39, 0.29) is 5.50 Å². The molecule has 0 fully saturated rings. The Morgan fingerprint density at radius 1 is 1.89 bits per heavy atom.